The summed E-state index contributed by atoms with van der Waals surface area (Å²) in [4.78, 5) is 12.3. The van der Waals surface area contributed by atoms with E-state index >= 15 is 0 Å². The van der Waals surface area contributed by atoms with Crippen molar-refractivity contribution in [1.82, 2.24) is 9.59 Å². The molecule has 0 bridgehead atoms. The standard InChI is InChI=1S/C15H9BrClN3OS/c16-10-3-6-13(17)12(7-10)15(21)18-11-4-1-9(2-5-11)14-8-22-20-19-14/h1-8H,(H,18,21). The number of nitrogens with zero attached hydrogens (tertiary/aromatic N) is 2. The molecule has 2 aromatic carbocycles. The number of nitrogens with one attached hydrogen (secondary N) is 1. The molecule has 1 heterocycles. The molecular weight excluding hydrogens is 386 g/mol. The minimum atomic E-state index is -0.255. The van der Waals surface area contributed by atoms with Gasteiger partial charge in [0.15, 0.2) is 0 Å². The average molecular weight is 395 g/mol. The van der Waals surface area contributed by atoms with Crippen LogP contribution >= 0.6 is 39.1 Å². The number of carbonyl (C=O) groups is 1. The van der Waals surface area contributed by atoms with E-state index in [2.05, 4.69) is 30.8 Å². The topological polar surface area (TPSA) is 54.9 Å². The average Bonchev–Trinajstić information content (AvgIpc) is 3.05. The zero-order valence-electron chi connectivity index (χ0n) is 11.1. The minimum Gasteiger partial charge on any atom is -0.322 e. The van der Waals surface area contributed by atoms with E-state index in [4.69, 9.17) is 11.6 Å². The Morgan fingerprint density at radius 2 is 1.95 bits per heavy atom. The minimum absolute atomic E-state index is 0.255. The van der Waals surface area contributed by atoms with Crippen molar-refractivity contribution in [1.29, 1.82) is 0 Å². The fourth-order valence-electron chi connectivity index (χ4n) is 1.88. The van der Waals surface area contributed by atoms with Gasteiger partial charge in [0.2, 0.25) is 0 Å². The van der Waals surface area contributed by atoms with Gasteiger partial charge < -0.3 is 5.32 Å². The molecule has 1 N–H and O–H groups in total. The molecule has 0 aliphatic rings. The monoisotopic (exact) mass is 393 g/mol. The lowest BCUT2D eigenvalue weighted by Crippen LogP contribution is -2.12. The van der Waals surface area contributed by atoms with Crippen LogP contribution in [0.4, 0.5) is 5.69 Å². The first-order chi connectivity index (χ1) is 10.6. The third-order valence-electron chi connectivity index (χ3n) is 2.97. The van der Waals surface area contributed by atoms with Gasteiger partial charge in [0.1, 0.15) is 5.69 Å². The van der Waals surface area contributed by atoms with Crippen molar-refractivity contribution >= 4 is 50.7 Å². The molecule has 0 unspecified atom stereocenters. The number of rotatable bonds is 3. The first-order valence-electron chi connectivity index (χ1n) is 6.27. The van der Waals surface area contributed by atoms with Crippen molar-refractivity contribution in [2.45, 2.75) is 0 Å². The Kier molecular flexibility index (Phi) is 4.52. The fraction of sp³-hybridized carbons (Fsp3) is 0. The van der Waals surface area contributed by atoms with Crippen LogP contribution in [0.5, 0.6) is 0 Å². The predicted molar refractivity (Wildman–Crippen MR) is 92.5 cm³/mol. The van der Waals surface area contributed by atoms with E-state index in [1.165, 1.54) is 11.5 Å². The zero-order chi connectivity index (χ0) is 15.5. The van der Waals surface area contributed by atoms with E-state index in [9.17, 15) is 4.79 Å². The Morgan fingerprint density at radius 3 is 2.64 bits per heavy atom. The highest BCUT2D eigenvalue weighted by atomic mass is 79.9. The number of hydrogen-bond donors (Lipinski definition) is 1. The number of amides is 1. The largest absolute Gasteiger partial charge is 0.322 e. The molecule has 0 spiro atoms. The van der Waals surface area contributed by atoms with Gasteiger partial charge in [-0.15, -0.1) is 5.10 Å². The molecule has 3 aromatic rings. The second kappa shape index (κ2) is 6.56. The highest BCUT2D eigenvalue weighted by Crippen LogP contribution is 2.23. The first-order valence-corrected chi connectivity index (χ1v) is 8.28. The maximum Gasteiger partial charge on any atom is 0.257 e. The molecular formula is C15H9BrClN3OS. The molecule has 110 valence electrons. The van der Waals surface area contributed by atoms with Crippen LogP contribution in [0.25, 0.3) is 11.3 Å². The van der Waals surface area contributed by atoms with Gasteiger partial charge in [-0.05, 0) is 41.9 Å². The van der Waals surface area contributed by atoms with Gasteiger partial charge >= 0.3 is 0 Å². The van der Waals surface area contributed by atoms with Crippen LogP contribution < -0.4 is 5.32 Å². The SMILES string of the molecule is O=C(Nc1ccc(-c2csnn2)cc1)c1cc(Br)ccc1Cl. The maximum absolute atomic E-state index is 12.3. The Hall–Kier alpha value is -1.76. The number of hydrogen-bond acceptors (Lipinski definition) is 4. The van der Waals surface area contributed by atoms with Gasteiger partial charge in [-0.3, -0.25) is 4.79 Å². The van der Waals surface area contributed by atoms with Gasteiger partial charge in [0, 0.05) is 21.1 Å². The summed E-state index contributed by atoms with van der Waals surface area (Å²) in [5.74, 6) is -0.255. The Balaban J connectivity index is 1.78. The molecule has 0 aliphatic carbocycles. The lowest BCUT2D eigenvalue weighted by atomic mass is 10.1. The normalized spacial score (nSPS) is 10.5. The second-order valence-electron chi connectivity index (χ2n) is 4.45. The molecule has 0 saturated carbocycles. The maximum atomic E-state index is 12.3. The van der Waals surface area contributed by atoms with Crippen LogP contribution in [-0.4, -0.2) is 15.5 Å². The molecule has 4 nitrogen and oxygen atoms in total. The lowest BCUT2D eigenvalue weighted by Gasteiger charge is -2.08. The lowest BCUT2D eigenvalue weighted by molar-refractivity contribution is 0.102. The summed E-state index contributed by atoms with van der Waals surface area (Å²) in [5.41, 5.74) is 2.88. The summed E-state index contributed by atoms with van der Waals surface area (Å²) in [6.45, 7) is 0. The number of benzene rings is 2. The number of carbonyl (C=O) groups excluding carboxylic acids is 1. The van der Waals surface area contributed by atoms with Gasteiger partial charge in [-0.25, -0.2) is 0 Å². The van der Waals surface area contributed by atoms with E-state index < -0.39 is 0 Å². The van der Waals surface area contributed by atoms with Gasteiger partial charge in [0.25, 0.3) is 5.91 Å². The van der Waals surface area contributed by atoms with Crippen LogP contribution in [0.2, 0.25) is 5.02 Å². The van der Waals surface area contributed by atoms with E-state index in [0.29, 0.717) is 16.3 Å². The fourth-order valence-corrected chi connectivity index (χ4v) is 2.91. The van der Waals surface area contributed by atoms with Crippen molar-refractivity contribution in [2.24, 2.45) is 0 Å². The highest BCUT2D eigenvalue weighted by molar-refractivity contribution is 9.10. The van der Waals surface area contributed by atoms with E-state index in [1.54, 1.807) is 18.2 Å². The molecule has 1 aromatic heterocycles. The third kappa shape index (κ3) is 3.35. The van der Waals surface area contributed by atoms with Crippen molar-refractivity contribution in [3.8, 4) is 11.3 Å². The van der Waals surface area contributed by atoms with Crippen LogP contribution in [0.3, 0.4) is 0 Å². The zero-order valence-corrected chi connectivity index (χ0v) is 14.2. The summed E-state index contributed by atoms with van der Waals surface area (Å²) in [6.07, 6.45) is 0. The smallest absolute Gasteiger partial charge is 0.257 e. The van der Waals surface area contributed by atoms with Crippen molar-refractivity contribution < 1.29 is 4.79 Å². The van der Waals surface area contributed by atoms with Gasteiger partial charge in [-0.2, -0.15) is 0 Å². The molecule has 0 radical (unpaired) electrons. The van der Waals surface area contributed by atoms with Gasteiger partial charge in [-0.1, -0.05) is 44.2 Å². The summed E-state index contributed by atoms with van der Waals surface area (Å²) in [5, 5.41) is 9.10. The van der Waals surface area contributed by atoms with Gasteiger partial charge in [0.05, 0.1) is 10.6 Å². The number of halogens is 2. The molecule has 0 saturated heterocycles. The van der Waals surface area contributed by atoms with Crippen LogP contribution in [0.15, 0.2) is 52.3 Å². The van der Waals surface area contributed by atoms with Crippen molar-refractivity contribution in [2.75, 3.05) is 5.32 Å². The second-order valence-corrected chi connectivity index (χ2v) is 6.38. The van der Waals surface area contributed by atoms with Crippen molar-refractivity contribution in [3.63, 3.8) is 0 Å². The Labute approximate surface area is 144 Å². The summed E-state index contributed by atoms with van der Waals surface area (Å²) in [7, 11) is 0. The third-order valence-corrected chi connectivity index (χ3v) is 4.30. The quantitative estimate of drug-likeness (QED) is 0.689. The molecule has 0 atom stereocenters. The molecule has 7 heteroatoms. The Morgan fingerprint density at radius 1 is 1.18 bits per heavy atom. The van der Waals surface area contributed by atoms with Crippen LogP contribution in [0.1, 0.15) is 10.4 Å². The molecule has 22 heavy (non-hydrogen) atoms. The van der Waals surface area contributed by atoms with Crippen molar-refractivity contribution in [3.05, 3.63) is 62.9 Å². The molecule has 1 amide bonds. The highest BCUT2D eigenvalue weighted by Gasteiger charge is 2.11. The van der Waals surface area contributed by atoms with Crippen LogP contribution in [0, 0.1) is 0 Å². The predicted octanol–water partition coefficient (Wildman–Crippen LogP) is 4.87. The number of anilines is 1. The Bertz CT molecular complexity index is 806. The van der Waals surface area contributed by atoms with E-state index in [-0.39, 0.29) is 5.91 Å². The van der Waals surface area contributed by atoms with E-state index in [0.717, 1.165) is 15.7 Å². The first kappa shape index (κ1) is 15.1. The molecule has 0 fully saturated rings. The molecule has 0 aliphatic heterocycles. The van der Waals surface area contributed by atoms with E-state index in [1.807, 2.05) is 29.6 Å². The number of aromatic nitrogens is 2. The van der Waals surface area contributed by atoms with Crippen LogP contribution in [-0.2, 0) is 0 Å². The summed E-state index contributed by atoms with van der Waals surface area (Å²) < 4.78 is 4.63. The molecule has 3 rings (SSSR count). The summed E-state index contributed by atoms with van der Waals surface area (Å²) >= 11 is 10.7. The summed E-state index contributed by atoms with van der Waals surface area (Å²) in [6, 6.07) is 12.6.